The Kier molecular flexibility index (Phi) is 6.25. The Bertz CT molecular complexity index is 1650. The number of non-ortho nitro benzene ring substituents is 1. The van der Waals surface area contributed by atoms with Gasteiger partial charge in [-0.2, -0.15) is 0 Å². The van der Waals surface area contributed by atoms with E-state index in [1.54, 1.807) is 56.5 Å². The summed E-state index contributed by atoms with van der Waals surface area (Å²) in [5.74, 6) is 1.89. The van der Waals surface area contributed by atoms with Crippen LogP contribution in [-0.2, 0) is 4.79 Å². The Hall–Kier alpha value is -5.18. The van der Waals surface area contributed by atoms with Crippen LogP contribution < -0.4 is 10.1 Å². The predicted octanol–water partition coefficient (Wildman–Crippen LogP) is 6.63. The van der Waals surface area contributed by atoms with Crippen molar-refractivity contribution in [2.24, 2.45) is 0 Å². The maximum absolute atomic E-state index is 12.5. The van der Waals surface area contributed by atoms with Crippen molar-refractivity contribution in [2.45, 2.75) is 6.92 Å². The third kappa shape index (κ3) is 5.10. The third-order valence-corrected chi connectivity index (χ3v) is 5.70. The van der Waals surface area contributed by atoms with Crippen molar-refractivity contribution >= 4 is 34.5 Å². The van der Waals surface area contributed by atoms with Crippen LogP contribution in [0.25, 0.3) is 40.0 Å². The summed E-state index contributed by atoms with van der Waals surface area (Å²) in [6.07, 6.45) is 2.91. The number of nitro groups is 1. The third-order valence-electron chi connectivity index (χ3n) is 5.70. The number of aromatic nitrogens is 1. The molecule has 0 radical (unpaired) electrons. The first-order valence-corrected chi connectivity index (χ1v) is 11.3. The molecule has 2 aromatic heterocycles. The zero-order valence-corrected chi connectivity index (χ0v) is 19.9. The zero-order valence-electron chi connectivity index (χ0n) is 19.9. The molecule has 0 fully saturated rings. The second-order valence-corrected chi connectivity index (χ2v) is 8.21. The Morgan fingerprint density at radius 3 is 2.57 bits per heavy atom. The quantitative estimate of drug-likeness (QED) is 0.153. The maximum Gasteiger partial charge on any atom is 0.269 e. The molecule has 0 aliphatic rings. The molecule has 0 atom stereocenters. The number of nitro benzene ring substituents is 1. The Labute approximate surface area is 211 Å². The van der Waals surface area contributed by atoms with Gasteiger partial charge in [-0.1, -0.05) is 0 Å². The second kappa shape index (κ2) is 9.82. The fraction of sp³-hybridized carbons (Fsp3) is 0.0714. The molecule has 0 aliphatic heterocycles. The number of hydrogen-bond donors (Lipinski definition) is 1. The number of nitrogens with one attached hydrogen (secondary N) is 1. The SMILES string of the molecule is COc1ccc(-c2nc3cc(NC(=O)/C=C/c4ccc(-c5ccc([N+](=O)[O-])cc5C)o4)ccc3o2)cc1. The number of nitrogens with zero attached hydrogens (tertiary/aromatic N) is 2. The van der Waals surface area contributed by atoms with E-state index >= 15 is 0 Å². The Balaban J connectivity index is 1.26. The molecule has 0 aliphatic carbocycles. The zero-order chi connectivity index (χ0) is 25.9. The van der Waals surface area contributed by atoms with Gasteiger partial charge in [0.15, 0.2) is 5.58 Å². The van der Waals surface area contributed by atoms with Crippen LogP contribution in [0.2, 0.25) is 0 Å². The van der Waals surface area contributed by atoms with E-state index in [-0.39, 0.29) is 11.6 Å². The summed E-state index contributed by atoms with van der Waals surface area (Å²) in [4.78, 5) is 27.5. The van der Waals surface area contributed by atoms with E-state index in [1.165, 1.54) is 18.2 Å². The number of rotatable bonds is 7. The van der Waals surface area contributed by atoms with E-state index in [0.717, 1.165) is 22.4 Å². The average molecular weight is 495 g/mol. The van der Waals surface area contributed by atoms with Gasteiger partial charge in [0.1, 0.15) is 22.8 Å². The molecule has 2 heterocycles. The predicted molar refractivity (Wildman–Crippen MR) is 139 cm³/mol. The number of ether oxygens (including phenoxy) is 1. The van der Waals surface area contributed by atoms with Gasteiger partial charge < -0.3 is 18.9 Å². The van der Waals surface area contributed by atoms with E-state index in [4.69, 9.17) is 13.6 Å². The van der Waals surface area contributed by atoms with Crippen LogP contribution in [0.15, 0.2) is 87.7 Å². The van der Waals surface area contributed by atoms with Gasteiger partial charge in [-0.3, -0.25) is 14.9 Å². The summed E-state index contributed by atoms with van der Waals surface area (Å²) in [5.41, 5.74) is 4.07. The summed E-state index contributed by atoms with van der Waals surface area (Å²) in [5, 5.41) is 13.8. The highest BCUT2D eigenvalue weighted by Crippen LogP contribution is 2.29. The highest BCUT2D eigenvalue weighted by molar-refractivity contribution is 6.02. The molecule has 0 unspecified atom stereocenters. The van der Waals surface area contributed by atoms with Gasteiger partial charge >= 0.3 is 0 Å². The number of aryl methyl sites for hydroxylation is 1. The minimum Gasteiger partial charge on any atom is -0.497 e. The molecule has 184 valence electrons. The second-order valence-electron chi connectivity index (χ2n) is 8.21. The van der Waals surface area contributed by atoms with Crippen molar-refractivity contribution in [1.82, 2.24) is 4.98 Å². The van der Waals surface area contributed by atoms with Crippen molar-refractivity contribution < 1.29 is 23.3 Å². The molecule has 9 heteroatoms. The number of methoxy groups -OCH3 is 1. The first-order chi connectivity index (χ1) is 17.9. The summed E-state index contributed by atoms with van der Waals surface area (Å²) >= 11 is 0. The van der Waals surface area contributed by atoms with Gasteiger partial charge in [0, 0.05) is 35.0 Å². The lowest BCUT2D eigenvalue weighted by Gasteiger charge is -2.02. The number of benzene rings is 3. The summed E-state index contributed by atoms with van der Waals surface area (Å²) in [6.45, 7) is 1.78. The van der Waals surface area contributed by atoms with Gasteiger partial charge in [-0.05, 0) is 79.2 Å². The van der Waals surface area contributed by atoms with Crippen LogP contribution in [0, 0.1) is 17.0 Å². The molecule has 1 amide bonds. The van der Waals surface area contributed by atoms with Gasteiger partial charge in [-0.15, -0.1) is 0 Å². The number of furan rings is 1. The lowest BCUT2D eigenvalue weighted by molar-refractivity contribution is -0.384. The topological polar surface area (TPSA) is 121 Å². The number of anilines is 1. The van der Waals surface area contributed by atoms with Crippen molar-refractivity contribution in [3.63, 3.8) is 0 Å². The van der Waals surface area contributed by atoms with Crippen LogP contribution in [0.3, 0.4) is 0 Å². The number of amides is 1. The van der Waals surface area contributed by atoms with Crippen LogP contribution >= 0.6 is 0 Å². The highest BCUT2D eigenvalue weighted by Gasteiger charge is 2.13. The molecule has 37 heavy (non-hydrogen) atoms. The van der Waals surface area contributed by atoms with E-state index in [1.807, 2.05) is 24.3 Å². The fourth-order valence-corrected chi connectivity index (χ4v) is 3.83. The molecular formula is C28H21N3O6. The van der Waals surface area contributed by atoms with Crippen molar-refractivity contribution in [2.75, 3.05) is 12.4 Å². The van der Waals surface area contributed by atoms with Crippen LogP contribution in [-0.4, -0.2) is 22.9 Å². The standard InChI is InChI=1S/C28H21N3O6/c1-17-15-20(31(33)34)6-11-23(17)25-13-9-22(36-25)10-14-27(32)29-19-5-12-26-24(16-19)30-28(37-26)18-3-7-21(35-2)8-4-18/h3-16H,1-2H3,(H,29,32)/b14-10+. The molecule has 5 aromatic rings. The normalized spacial score (nSPS) is 11.2. The first kappa shape index (κ1) is 23.6. The largest absolute Gasteiger partial charge is 0.497 e. The van der Waals surface area contributed by atoms with Crippen LogP contribution in [0.1, 0.15) is 11.3 Å². The first-order valence-electron chi connectivity index (χ1n) is 11.3. The molecular weight excluding hydrogens is 474 g/mol. The molecule has 0 saturated carbocycles. The Morgan fingerprint density at radius 1 is 1.03 bits per heavy atom. The summed E-state index contributed by atoms with van der Waals surface area (Å²) < 4.78 is 16.8. The number of hydrogen-bond acceptors (Lipinski definition) is 7. The monoisotopic (exact) mass is 495 g/mol. The Morgan fingerprint density at radius 2 is 1.84 bits per heavy atom. The molecule has 0 saturated heterocycles. The molecule has 0 bridgehead atoms. The number of oxazole rings is 1. The minimum atomic E-state index is -0.439. The van der Waals surface area contributed by atoms with Crippen LogP contribution in [0.4, 0.5) is 11.4 Å². The van der Waals surface area contributed by atoms with Gasteiger partial charge in [0.2, 0.25) is 11.8 Å². The molecule has 5 rings (SSSR count). The van der Waals surface area contributed by atoms with Crippen molar-refractivity contribution in [3.8, 4) is 28.5 Å². The average Bonchev–Trinajstić information content (AvgIpc) is 3.54. The molecule has 1 N–H and O–H groups in total. The lowest BCUT2D eigenvalue weighted by atomic mass is 10.1. The summed E-state index contributed by atoms with van der Waals surface area (Å²) in [7, 11) is 1.61. The fourth-order valence-electron chi connectivity index (χ4n) is 3.83. The molecule has 0 spiro atoms. The van der Waals surface area contributed by atoms with Crippen molar-refractivity contribution in [1.29, 1.82) is 0 Å². The van der Waals surface area contributed by atoms with Gasteiger partial charge in [-0.25, -0.2) is 4.98 Å². The number of carbonyl (C=O) groups excluding carboxylic acids is 1. The van der Waals surface area contributed by atoms with Crippen LogP contribution in [0.5, 0.6) is 5.75 Å². The van der Waals surface area contributed by atoms with E-state index in [2.05, 4.69) is 10.3 Å². The maximum atomic E-state index is 12.5. The van der Waals surface area contributed by atoms with E-state index < -0.39 is 4.92 Å². The lowest BCUT2D eigenvalue weighted by Crippen LogP contribution is -2.07. The number of fused-ring (bicyclic) bond motifs is 1. The highest BCUT2D eigenvalue weighted by atomic mass is 16.6. The summed E-state index contributed by atoms with van der Waals surface area (Å²) in [6, 6.07) is 20.7. The van der Waals surface area contributed by atoms with Gasteiger partial charge in [0.25, 0.3) is 5.69 Å². The van der Waals surface area contributed by atoms with E-state index in [0.29, 0.717) is 34.2 Å². The minimum absolute atomic E-state index is 0.0189. The molecule has 9 nitrogen and oxygen atoms in total. The van der Waals surface area contributed by atoms with Crippen molar-refractivity contribution in [3.05, 3.63) is 100 Å². The van der Waals surface area contributed by atoms with E-state index in [9.17, 15) is 14.9 Å². The van der Waals surface area contributed by atoms with Gasteiger partial charge in [0.05, 0.1) is 12.0 Å². The molecule has 3 aromatic carbocycles. The number of carbonyl (C=O) groups is 1. The smallest absolute Gasteiger partial charge is 0.269 e.